The largest absolute Gasteiger partial charge is 0.434 e. The van der Waals surface area contributed by atoms with Crippen molar-refractivity contribution in [1.29, 1.82) is 0 Å². The first kappa shape index (κ1) is 26.4. The summed E-state index contributed by atoms with van der Waals surface area (Å²) in [6, 6.07) is 19.4. The molecule has 3 rings (SSSR count). The number of benzene rings is 2. The first-order valence-corrected chi connectivity index (χ1v) is 11.6. The molecule has 1 N–H and O–H groups in total. The number of ether oxygens (including phenoxy) is 4. The van der Waals surface area contributed by atoms with Crippen LogP contribution in [0.5, 0.6) is 12.0 Å². The van der Waals surface area contributed by atoms with Crippen molar-refractivity contribution in [2.24, 2.45) is 10.8 Å². The van der Waals surface area contributed by atoms with Crippen molar-refractivity contribution in [2.75, 3.05) is 0 Å². The summed E-state index contributed by atoms with van der Waals surface area (Å²) in [5.74, 6) is 0. The van der Waals surface area contributed by atoms with Gasteiger partial charge < -0.3 is 18.9 Å². The van der Waals surface area contributed by atoms with Crippen LogP contribution in [-0.2, 0) is 22.7 Å². The van der Waals surface area contributed by atoms with Crippen molar-refractivity contribution < 1.29 is 18.9 Å². The Labute approximate surface area is 206 Å². The van der Waals surface area contributed by atoms with Crippen molar-refractivity contribution in [3.05, 3.63) is 82.3 Å². The van der Waals surface area contributed by atoms with Crippen LogP contribution < -0.4 is 15.2 Å². The lowest BCUT2D eigenvalue weighted by molar-refractivity contribution is -0.158. The van der Waals surface area contributed by atoms with E-state index in [0.29, 0.717) is 13.2 Å². The minimum atomic E-state index is -0.704. The molecule has 2 aromatic carbocycles. The van der Waals surface area contributed by atoms with E-state index in [1.807, 2.05) is 102 Å². The van der Waals surface area contributed by atoms with Gasteiger partial charge in [-0.2, -0.15) is 0 Å². The molecule has 2 unspecified atom stereocenters. The molecule has 188 valence electrons. The minimum Gasteiger partial charge on any atom is -0.434 e. The summed E-state index contributed by atoms with van der Waals surface area (Å²) in [6.45, 7) is 12.5. The topological polar surface area (TPSA) is 95.6 Å². The van der Waals surface area contributed by atoms with Crippen LogP contribution in [0.2, 0.25) is 0 Å². The molecule has 1 aromatic heterocycles. The van der Waals surface area contributed by atoms with Gasteiger partial charge in [0.05, 0.1) is 13.2 Å². The Morgan fingerprint density at radius 1 is 0.714 bits per heavy atom. The Morgan fingerprint density at radius 2 is 1.17 bits per heavy atom. The van der Waals surface area contributed by atoms with E-state index in [-0.39, 0.29) is 12.0 Å². The Kier molecular flexibility index (Phi) is 8.64. The highest BCUT2D eigenvalue weighted by Crippen LogP contribution is 2.27. The quantitative estimate of drug-likeness (QED) is 0.403. The Hall–Kier alpha value is -3.23. The van der Waals surface area contributed by atoms with E-state index in [9.17, 15) is 4.79 Å². The molecule has 0 saturated carbocycles. The number of rotatable bonds is 10. The summed E-state index contributed by atoms with van der Waals surface area (Å²) in [5, 5.41) is 0. The molecular formula is C27H35N3O5. The zero-order valence-corrected chi connectivity index (χ0v) is 21.3. The summed E-state index contributed by atoms with van der Waals surface area (Å²) in [6.07, 6.45) is -1.39. The molecule has 0 saturated heterocycles. The fourth-order valence-electron chi connectivity index (χ4n) is 3.07. The van der Waals surface area contributed by atoms with E-state index in [4.69, 9.17) is 18.9 Å². The fourth-order valence-corrected chi connectivity index (χ4v) is 3.07. The summed E-state index contributed by atoms with van der Waals surface area (Å²) in [7, 11) is 0. The van der Waals surface area contributed by atoms with Gasteiger partial charge in [0.1, 0.15) is 0 Å². The third kappa shape index (κ3) is 8.49. The third-order valence-corrected chi connectivity index (χ3v) is 4.94. The second-order valence-electron chi connectivity index (χ2n) is 10.5. The maximum atomic E-state index is 12.3. The molecule has 3 aromatic rings. The van der Waals surface area contributed by atoms with Crippen molar-refractivity contribution in [3.8, 4) is 12.0 Å². The number of aromatic amines is 1. The van der Waals surface area contributed by atoms with Gasteiger partial charge in [-0.25, -0.2) is 4.79 Å². The maximum absolute atomic E-state index is 12.3. The molecule has 0 aliphatic carbocycles. The highest BCUT2D eigenvalue weighted by Gasteiger charge is 2.31. The average molecular weight is 482 g/mol. The second-order valence-corrected chi connectivity index (χ2v) is 10.5. The number of nitrogens with zero attached hydrogens (tertiary/aromatic N) is 2. The normalized spacial score (nSPS) is 13.8. The number of hydrogen-bond acceptors (Lipinski definition) is 7. The van der Waals surface area contributed by atoms with Gasteiger partial charge >= 0.3 is 17.7 Å². The minimum absolute atomic E-state index is 0.0382. The standard InChI is InChI=1S/C27H35N3O5/c1-26(2,3)21(32-17-19-13-9-7-10-14-19)34-24-28-23(31)29-25(30-24)35-22(27(4,5)6)33-18-20-15-11-8-12-16-20/h7-16,21-22H,17-18H2,1-6H3,(H,28,29,30,31). The predicted molar refractivity (Wildman–Crippen MR) is 133 cm³/mol. The number of H-pyrrole nitrogens is 1. The molecule has 0 radical (unpaired) electrons. The molecular weight excluding hydrogens is 446 g/mol. The van der Waals surface area contributed by atoms with E-state index in [1.54, 1.807) is 0 Å². The van der Waals surface area contributed by atoms with Crippen LogP contribution in [0, 0.1) is 10.8 Å². The van der Waals surface area contributed by atoms with Crippen LogP contribution in [-0.4, -0.2) is 27.5 Å². The Balaban J connectivity index is 1.74. The number of aromatic nitrogens is 3. The smallest absolute Gasteiger partial charge is 0.353 e. The molecule has 0 amide bonds. The molecule has 0 bridgehead atoms. The lowest BCUT2D eigenvalue weighted by Gasteiger charge is -2.31. The Morgan fingerprint density at radius 3 is 1.63 bits per heavy atom. The van der Waals surface area contributed by atoms with Gasteiger partial charge in [0, 0.05) is 10.8 Å². The zero-order chi connectivity index (χ0) is 25.5. The molecule has 0 aliphatic heterocycles. The van der Waals surface area contributed by atoms with Crippen molar-refractivity contribution in [3.63, 3.8) is 0 Å². The van der Waals surface area contributed by atoms with E-state index >= 15 is 0 Å². The van der Waals surface area contributed by atoms with E-state index in [1.165, 1.54) is 0 Å². The van der Waals surface area contributed by atoms with Crippen LogP contribution in [0.1, 0.15) is 52.7 Å². The number of nitrogens with one attached hydrogen (secondary N) is 1. The zero-order valence-electron chi connectivity index (χ0n) is 21.3. The van der Waals surface area contributed by atoms with Gasteiger partial charge in [-0.15, -0.1) is 9.97 Å². The summed E-state index contributed by atoms with van der Waals surface area (Å²) >= 11 is 0. The third-order valence-electron chi connectivity index (χ3n) is 4.94. The van der Waals surface area contributed by atoms with Gasteiger partial charge in [-0.1, -0.05) is 102 Å². The van der Waals surface area contributed by atoms with Gasteiger partial charge in [0.25, 0.3) is 0 Å². The molecule has 2 atom stereocenters. The van der Waals surface area contributed by atoms with E-state index in [0.717, 1.165) is 11.1 Å². The lowest BCUT2D eigenvalue weighted by Crippen LogP contribution is -2.37. The first-order chi connectivity index (χ1) is 16.5. The van der Waals surface area contributed by atoms with Gasteiger partial charge in [-0.3, -0.25) is 4.98 Å². The van der Waals surface area contributed by atoms with Crippen molar-refractivity contribution in [1.82, 2.24) is 15.0 Å². The van der Waals surface area contributed by atoms with E-state index in [2.05, 4.69) is 15.0 Å². The molecule has 8 nitrogen and oxygen atoms in total. The van der Waals surface area contributed by atoms with Gasteiger partial charge in [0.2, 0.25) is 12.6 Å². The van der Waals surface area contributed by atoms with Gasteiger partial charge in [-0.05, 0) is 11.1 Å². The number of hydrogen-bond donors (Lipinski definition) is 1. The molecule has 1 heterocycles. The van der Waals surface area contributed by atoms with E-state index < -0.39 is 29.1 Å². The predicted octanol–water partition coefficient (Wildman–Crippen LogP) is 5.10. The van der Waals surface area contributed by atoms with Gasteiger partial charge in [0.15, 0.2) is 0 Å². The van der Waals surface area contributed by atoms with Crippen molar-refractivity contribution >= 4 is 0 Å². The molecule has 0 spiro atoms. The highest BCUT2D eigenvalue weighted by atomic mass is 16.7. The van der Waals surface area contributed by atoms with Crippen LogP contribution in [0.25, 0.3) is 0 Å². The van der Waals surface area contributed by atoms with Crippen LogP contribution in [0.15, 0.2) is 65.5 Å². The lowest BCUT2D eigenvalue weighted by atomic mass is 9.96. The van der Waals surface area contributed by atoms with Crippen molar-refractivity contribution in [2.45, 2.75) is 67.3 Å². The summed E-state index contributed by atoms with van der Waals surface area (Å²) < 4.78 is 24.0. The summed E-state index contributed by atoms with van der Waals surface area (Å²) in [5.41, 5.74) is 0.564. The molecule has 0 aliphatic rings. The molecule has 35 heavy (non-hydrogen) atoms. The fraction of sp³-hybridized carbons (Fsp3) is 0.444. The monoisotopic (exact) mass is 481 g/mol. The first-order valence-electron chi connectivity index (χ1n) is 11.6. The molecule has 0 fully saturated rings. The van der Waals surface area contributed by atoms with Crippen LogP contribution in [0.4, 0.5) is 0 Å². The Bertz CT molecular complexity index is 1020. The summed E-state index contributed by atoms with van der Waals surface area (Å²) in [4.78, 5) is 22.9. The highest BCUT2D eigenvalue weighted by molar-refractivity contribution is 5.14. The van der Waals surface area contributed by atoms with Crippen LogP contribution in [0.3, 0.4) is 0 Å². The van der Waals surface area contributed by atoms with Crippen LogP contribution >= 0.6 is 0 Å². The molecule has 8 heteroatoms. The second kappa shape index (κ2) is 11.5. The maximum Gasteiger partial charge on any atom is 0.353 e. The average Bonchev–Trinajstić information content (AvgIpc) is 2.79. The SMILES string of the molecule is CC(C)(C)C(OCc1ccccc1)Oc1nc(OC(OCc2ccccc2)C(C)(C)C)[nH]c(=O)n1.